The molecule has 1 unspecified atom stereocenters. The second-order valence-electron chi connectivity index (χ2n) is 7.77. The number of piperazine rings is 1. The zero-order valence-electron chi connectivity index (χ0n) is 16.3. The molecule has 1 aliphatic carbocycles. The number of anilines is 3. The Morgan fingerprint density at radius 2 is 1.87 bits per heavy atom. The average molecular weight is 428 g/mol. The topological polar surface area (TPSA) is 103 Å². The molecule has 2 heterocycles. The van der Waals surface area contributed by atoms with Crippen LogP contribution in [0.4, 0.5) is 30.2 Å². The minimum atomic E-state index is -3.24. The van der Waals surface area contributed by atoms with Crippen molar-refractivity contribution in [1.82, 2.24) is 4.90 Å². The predicted octanol–water partition coefficient (Wildman–Crippen LogP) is 1.75. The number of carboxylic acids is 1. The van der Waals surface area contributed by atoms with E-state index in [-0.39, 0.29) is 23.0 Å². The first kappa shape index (κ1) is 20.6. The Morgan fingerprint density at radius 1 is 1.23 bits per heavy atom. The van der Waals surface area contributed by atoms with Crippen molar-refractivity contribution < 1.29 is 32.9 Å². The number of nitrogens with two attached hydrogens (primary N) is 1. The molecule has 2 fully saturated rings. The fourth-order valence-electron chi connectivity index (χ4n) is 4.01. The van der Waals surface area contributed by atoms with Crippen molar-refractivity contribution in [1.29, 1.82) is 0 Å². The lowest BCUT2D eigenvalue weighted by Crippen LogP contribution is -2.45. The normalized spacial score (nSPS) is 22.2. The molecular weight excluding hydrogens is 405 g/mol. The van der Waals surface area contributed by atoms with Gasteiger partial charge in [-0.1, -0.05) is 0 Å². The number of benzene rings is 1. The summed E-state index contributed by atoms with van der Waals surface area (Å²) in [5.74, 6) is -2.84. The highest BCUT2D eigenvalue weighted by atomic mass is 19.3. The molecule has 30 heavy (non-hydrogen) atoms. The number of likely N-dealkylation sites (N-methyl/N-ethyl adjacent to an activating group) is 1. The predicted molar refractivity (Wildman–Crippen MR) is 103 cm³/mol. The number of nitrogen functional groups attached to an aromatic ring is 1. The number of ether oxygens (including phenoxy) is 1. The number of nitrogens with zero attached hydrogens (tertiary/aromatic N) is 3. The molecule has 11 heteroatoms. The van der Waals surface area contributed by atoms with Gasteiger partial charge in [0, 0.05) is 44.0 Å². The molecule has 1 saturated carbocycles. The Morgan fingerprint density at radius 3 is 2.40 bits per heavy atom. The number of hydrogen-bond acceptors (Lipinski definition) is 7. The minimum Gasteiger partial charge on any atom is -0.478 e. The second kappa shape index (κ2) is 7.55. The molecule has 3 aliphatic rings. The van der Waals surface area contributed by atoms with Gasteiger partial charge in [-0.2, -0.15) is 8.78 Å². The van der Waals surface area contributed by atoms with Crippen LogP contribution in [0.25, 0.3) is 0 Å². The number of aliphatic carboxylic acids is 1. The summed E-state index contributed by atoms with van der Waals surface area (Å²) < 4.78 is 47.0. The molecule has 2 aliphatic heterocycles. The summed E-state index contributed by atoms with van der Waals surface area (Å²) in [6, 6.07) is -0.171. The fourth-order valence-corrected chi connectivity index (χ4v) is 4.01. The summed E-state index contributed by atoms with van der Waals surface area (Å²) in [7, 11) is 1.90. The summed E-state index contributed by atoms with van der Waals surface area (Å²) in [5.41, 5.74) is 4.69. The van der Waals surface area contributed by atoms with Gasteiger partial charge >= 0.3 is 12.6 Å². The van der Waals surface area contributed by atoms with Crippen LogP contribution >= 0.6 is 0 Å². The highest BCUT2D eigenvalue weighted by Gasteiger charge is 2.43. The van der Waals surface area contributed by atoms with Crippen molar-refractivity contribution in [2.45, 2.75) is 31.6 Å². The first-order valence-electron chi connectivity index (χ1n) is 9.65. The van der Waals surface area contributed by atoms with Gasteiger partial charge in [-0.25, -0.2) is 9.18 Å². The third-order valence-corrected chi connectivity index (χ3v) is 5.74. The maximum atomic E-state index is 15.4. The monoisotopic (exact) mass is 428 g/mol. The largest absolute Gasteiger partial charge is 0.478 e. The van der Waals surface area contributed by atoms with Gasteiger partial charge in [0.05, 0.1) is 16.9 Å². The lowest BCUT2D eigenvalue weighted by atomic mass is 9.92. The zero-order chi connectivity index (χ0) is 21.7. The molecule has 164 valence electrons. The van der Waals surface area contributed by atoms with Crippen LogP contribution in [0.3, 0.4) is 0 Å². The van der Waals surface area contributed by atoms with Gasteiger partial charge in [0.15, 0.2) is 11.6 Å². The lowest BCUT2D eigenvalue weighted by Gasteiger charge is -2.39. The summed E-state index contributed by atoms with van der Waals surface area (Å²) in [4.78, 5) is 16.7. The lowest BCUT2D eigenvalue weighted by molar-refractivity contribution is -0.133. The maximum Gasteiger partial charge on any atom is 0.387 e. The van der Waals surface area contributed by atoms with Crippen LogP contribution in [0.5, 0.6) is 5.75 Å². The van der Waals surface area contributed by atoms with Crippen molar-refractivity contribution in [2.75, 3.05) is 48.8 Å². The van der Waals surface area contributed by atoms with E-state index >= 15 is 4.39 Å². The van der Waals surface area contributed by atoms with E-state index in [1.165, 1.54) is 11.1 Å². The fraction of sp³-hybridized carbons (Fsp3) is 0.526. The van der Waals surface area contributed by atoms with E-state index in [0.717, 1.165) is 0 Å². The van der Waals surface area contributed by atoms with E-state index in [9.17, 15) is 23.8 Å². The van der Waals surface area contributed by atoms with E-state index in [2.05, 4.69) is 0 Å². The van der Waals surface area contributed by atoms with Crippen LogP contribution in [-0.2, 0) is 4.79 Å². The van der Waals surface area contributed by atoms with E-state index in [1.807, 2.05) is 11.9 Å². The van der Waals surface area contributed by atoms with Crippen molar-refractivity contribution in [3.05, 3.63) is 23.2 Å². The van der Waals surface area contributed by atoms with Crippen molar-refractivity contribution >= 4 is 23.0 Å². The zero-order valence-corrected chi connectivity index (χ0v) is 16.3. The number of carbonyl (C=O) groups is 1. The van der Waals surface area contributed by atoms with Gasteiger partial charge in [0.25, 0.3) is 0 Å². The van der Waals surface area contributed by atoms with Crippen LogP contribution in [0, 0.1) is 5.82 Å². The quantitative estimate of drug-likeness (QED) is 0.610. The van der Waals surface area contributed by atoms with E-state index in [1.54, 1.807) is 4.90 Å². The van der Waals surface area contributed by atoms with Crippen molar-refractivity contribution in [2.24, 2.45) is 0 Å². The van der Waals surface area contributed by atoms with E-state index in [0.29, 0.717) is 39.0 Å². The van der Waals surface area contributed by atoms with Crippen LogP contribution in [0.2, 0.25) is 0 Å². The first-order chi connectivity index (χ1) is 14.2. The Bertz CT molecular complexity index is 899. The van der Waals surface area contributed by atoms with Crippen LogP contribution in [0.15, 0.2) is 11.8 Å². The summed E-state index contributed by atoms with van der Waals surface area (Å²) >= 11 is 0. The highest BCUT2D eigenvalue weighted by Crippen LogP contribution is 2.54. The molecule has 1 atom stereocenters. The number of halogens is 3. The summed E-state index contributed by atoms with van der Waals surface area (Å²) in [5, 5.41) is 20.1. The molecule has 0 radical (unpaired) electrons. The molecule has 8 nitrogen and oxygen atoms in total. The molecule has 0 amide bonds. The summed E-state index contributed by atoms with van der Waals surface area (Å²) in [6.45, 7) is -1.34. The second-order valence-corrected chi connectivity index (χ2v) is 7.77. The van der Waals surface area contributed by atoms with Crippen LogP contribution < -0.4 is 20.3 Å². The smallest absolute Gasteiger partial charge is 0.387 e. The SMILES string of the molecule is CN1CCN(c2c(F)c(N)c3c(c2OC(F)F)N(C2CC2)C=C(C(=O)O)C3O)CC1. The van der Waals surface area contributed by atoms with E-state index < -0.39 is 41.5 Å². The standard InChI is InChI=1S/C19H23F3N4O4/c1-24-4-6-25(7-5-24)15-12(20)13(23)11-14(17(15)30-19(21)22)26(9-2-3-9)8-10(16(11)27)18(28)29/h8-9,16,19,27H,2-7,23H2,1H3,(H,28,29). The number of aliphatic hydroxyl groups excluding tert-OH is 1. The van der Waals surface area contributed by atoms with Gasteiger partial charge in [0.1, 0.15) is 11.8 Å². The average Bonchev–Trinajstić information content (AvgIpc) is 3.51. The molecule has 1 saturated heterocycles. The molecule has 1 aromatic carbocycles. The van der Waals surface area contributed by atoms with Gasteiger partial charge in [-0.05, 0) is 19.9 Å². The molecule has 0 aromatic heterocycles. The Labute approximate surface area is 170 Å². The van der Waals surface area contributed by atoms with Gasteiger partial charge in [-0.3, -0.25) is 0 Å². The maximum absolute atomic E-state index is 15.4. The number of rotatable bonds is 5. The third kappa shape index (κ3) is 3.41. The number of aliphatic hydroxyl groups is 1. The Hall–Kier alpha value is -2.66. The third-order valence-electron chi connectivity index (χ3n) is 5.74. The minimum absolute atomic E-state index is 0.00290. The molecule has 1 aromatic rings. The molecule has 4 rings (SSSR count). The van der Waals surface area contributed by atoms with Crippen molar-refractivity contribution in [3.63, 3.8) is 0 Å². The van der Waals surface area contributed by atoms with Gasteiger partial charge in [-0.15, -0.1) is 0 Å². The molecule has 4 N–H and O–H groups in total. The highest BCUT2D eigenvalue weighted by molar-refractivity contribution is 5.95. The van der Waals surface area contributed by atoms with Crippen LogP contribution in [-0.4, -0.2) is 67.0 Å². The summed E-state index contributed by atoms with van der Waals surface area (Å²) in [6.07, 6.45) is 0.808. The van der Waals surface area contributed by atoms with Crippen molar-refractivity contribution in [3.8, 4) is 5.75 Å². The molecule has 0 bridgehead atoms. The van der Waals surface area contributed by atoms with E-state index in [4.69, 9.17) is 10.5 Å². The molecular formula is C19H23F3N4O4. The first-order valence-corrected chi connectivity index (χ1v) is 9.65. The molecule has 0 spiro atoms. The Kier molecular flexibility index (Phi) is 5.18. The number of hydrogen-bond donors (Lipinski definition) is 3. The number of fused-ring (bicyclic) bond motifs is 1. The van der Waals surface area contributed by atoms with Crippen LogP contribution in [0.1, 0.15) is 24.5 Å². The van der Waals surface area contributed by atoms with Gasteiger partial charge in [0.2, 0.25) is 0 Å². The number of carboxylic acid groups (broad SMARTS) is 1. The Balaban J connectivity index is 1.95. The number of alkyl halides is 2. The van der Waals surface area contributed by atoms with Gasteiger partial charge < -0.3 is 35.4 Å².